The minimum absolute atomic E-state index is 0.133. The predicted octanol–water partition coefficient (Wildman–Crippen LogP) is 2.10. The molecule has 0 aromatic carbocycles. The number of hydrogen-bond donors (Lipinski definition) is 1. The van der Waals surface area contributed by atoms with Gasteiger partial charge in [-0.1, -0.05) is 0 Å². The van der Waals surface area contributed by atoms with Gasteiger partial charge in [0.25, 0.3) is 0 Å². The van der Waals surface area contributed by atoms with E-state index in [1.807, 2.05) is 13.8 Å². The van der Waals surface area contributed by atoms with Crippen LogP contribution < -0.4 is 4.90 Å². The molecule has 1 aliphatic heterocycles. The van der Waals surface area contributed by atoms with Crippen molar-refractivity contribution < 1.29 is 9.90 Å². The first-order chi connectivity index (χ1) is 9.08. The third kappa shape index (κ3) is 3.43. The smallest absolute Gasteiger partial charge is 0.303 e. The summed E-state index contributed by atoms with van der Waals surface area (Å²) < 4.78 is 0. The second-order valence-corrected chi connectivity index (χ2v) is 5.11. The highest BCUT2D eigenvalue weighted by Gasteiger charge is 2.16. The molecule has 1 aliphatic rings. The zero-order valence-electron chi connectivity index (χ0n) is 11.6. The van der Waals surface area contributed by atoms with Gasteiger partial charge in [0.1, 0.15) is 0 Å². The lowest BCUT2D eigenvalue weighted by atomic mass is 10.1. The Morgan fingerprint density at radius 3 is 2.26 bits per heavy atom. The third-order valence-corrected chi connectivity index (χ3v) is 3.64. The summed E-state index contributed by atoms with van der Waals surface area (Å²) in [7, 11) is 0. The molecular weight excluding hydrogens is 242 g/mol. The number of carboxylic acid groups (broad SMARTS) is 1. The van der Waals surface area contributed by atoms with E-state index in [1.54, 1.807) is 0 Å². The number of carboxylic acids is 1. The van der Waals surface area contributed by atoms with Crippen molar-refractivity contribution in [1.29, 1.82) is 0 Å². The van der Waals surface area contributed by atoms with Crippen molar-refractivity contribution in [2.45, 2.75) is 46.0 Å². The van der Waals surface area contributed by atoms with Crippen molar-refractivity contribution >= 4 is 11.9 Å². The minimum Gasteiger partial charge on any atom is -0.481 e. The molecule has 1 fully saturated rings. The van der Waals surface area contributed by atoms with E-state index in [2.05, 4.69) is 14.9 Å². The number of aryl methyl sites for hydroxylation is 2. The standard InChI is InChI=1S/C14H21N3O2/c1-10-12(6-7-13(18)19)11(2)16-14(15-10)17-8-4-3-5-9-17/h3-9H2,1-2H3,(H,18,19). The Kier molecular flexibility index (Phi) is 4.35. The molecule has 0 atom stereocenters. The molecule has 104 valence electrons. The fraction of sp³-hybridized carbons (Fsp3) is 0.643. The summed E-state index contributed by atoms with van der Waals surface area (Å²) >= 11 is 0. The van der Waals surface area contributed by atoms with Crippen LogP contribution in [0.15, 0.2) is 0 Å². The van der Waals surface area contributed by atoms with Gasteiger partial charge in [0, 0.05) is 30.9 Å². The molecule has 1 aromatic heterocycles. The molecule has 0 amide bonds. The number of carbonyl (C=O) groups is 1. The number of hydrogen-bond acceptors (Lipinski definition) is 4. The summed E-state index contributed by atoms with van der Waals surface area (Å²) in [5.74, 6) is 0.0210. The summed E-state index contributed by atoms with van der Waals surface area (Å²) in [4.78, 5) is 22.0. The van der Waals surface area contributed by atoms with Crippen LogP contribution in [-0.4, -0.2) is 34.1 Å². The molecule has 1 N–H and O–H groups in total. The van der Waals surface area contributed by atoms with Crippen molar-refractivity contribution in [3.63, 3.8) is 0 Å². The SMILES string of the molecule is Cc1nc(N2CCCCC2)nc(C)c1CCC(=O)O. The van der Waals surface area contributed by atoms with Gasteiger partial charge in [0.05, 0.1) is 0 Å². The van der Waals surface area contributed by atoms with Gasteiger partial charge < -0.3 is 10.0 Å². The van der Waals surface area contributed by atoms with E-state index < -0.39 is 5.97 Å². The highest BCUT2D eigenvalue weighted by atomic mass is 16.4. The average molecular weight is 263 g/mol. The Morgan fingerprint density at radius 2 is 1.74 bits per heavy atom. The lowest BCUT2D eigenvalue weighted by Crippen LogP contribution is -2.31. The second kappa shape index (κ2) is 5.99. The van der Waals surface area contributed by atoms with Gasteiger partial charge in [0.15, 0.2) is 0 Å². The van der Waals surface area contributed by atoms with E-state index in [4.69, 9.17) is 5.11 Å². The predicted molar refractivity (Wildman–Crippen MR) is 73.5 cm³/mol. The lowest BCUT2D eigenvalue weighted by molar-refractivity contribution is -0.136. The third-order valence-electron chi connectivity index (χ3n) is 3.64. The van der Waals surface area contributed by atoms with Crippen LogP contribution in [-0.2, 0) is 11.2 Å². The Morgan fingerprint density at radius 1 is 1.16 bits per heavy atom. The van der Waals surface area contributed by atoms with Crippen LogP contribution in [0.2, 0.25) is 0 Å². The van der Waals surface area contributed by atoms with Crippen LogP contribution >= 0.6 is 0 Å². The van der Waals surface area contributed by atoms with Gasteiger partial charge in [-0.2, -0.15) is 0 Å². The first-order valence-corrected chi connectivity index (χ1v) is 6.89. The summed E-state index contributed by atoms with van der Waals surface area (Å²) in [5.41, 5.74) is 2.80. The summed E-state index contributed by atoms with van der Waals surface area (Å²) in [6.07, 6.45) is 4.32. The Balaban J connectivity index is 2.18. The normalized spacial score (nSPS) is 15.6. The van der Waals surface area contributed by atoms with Crippen molar-refractivity contribution in [1.82, 2.24) is 9.97 Å². The number of rotatable bonds is 4. The average Bonchev–Trinajstić information content (AvgIpc) is 2.38. The van der Waals surface area contributed by atoms with Gasteiger partial charge in [-0.05, 0) is 45.1 Å². The molecular formula is C14H21N3O2. The molecule has 0 unspecified atom stereocenters. The lowest BCUT2D eigenvalue weighted by Gasteiger charge is -2.27. The fourth-order valence-corrected chi connectivity index (χ4v) is 2.55. The zero-order valence-corrected chi connectivity index (χ0v) is 11.6. The molecule has 0 spiro atoms. The van der Waals surface area contributed by atoms with Crippen LogP contribution in [0.3, 0.4) is 0 Å². The van der Waals surface area contributed by atoms with Gasteiger partial charge >= 0.3 is 5.97 Å². The first-order valence-electron chi connectivity index (χ1n) is 6.89. The molecule has 19 heavy (non-hydrogen) atoms. The van der Waals surface area contributed by atoms with Crippen LogP contribution in [0.25, 0.3) is 0 Å². The van der Waals surface area contributed by atoms with E-state index in [1.165, 1.54) is 19.3 Å². The zero-order chi connectivity index (χ0) is 13.8. The molecule has 0 radical (unpaired) electrons. The molecule has 5 heteroatoms. The van der Waals surface area contributed by atoms with E-state index in [0.29, 0.717) is 6.42 Å². The summed E-state index contributed by atoms with van der Waals surface area (Å²) in [6.45, 7) is 5.93. The summed E-state index contributed by atoms with van der Waals surface area (Å²) in [6, 6.07) is 0. The van der Waals surface area contributed by atoms with Crippen molar-refractivity contribution in [3.05, 3.63) is 17.0 Å². The van der Waals surface area contributed by atoms with Crippen LogP contribution in [0.1, 0.15) is 42.6 Å². The van der Waals surface area contributed by atoms with Crippen molar-refractivity contribution in [3.8, 4) is 0 Å². The van der Waals surface area contributed by atoms with Gasteiger partial charge in [-0.3, -0.25) is 4.79 Å². The fourth-order valence-electron chi connectivity index (χ4n) is 2.55. The number of piperidine rings is 1. The highest BCUT2D eigenvalue weighted by molar-refractivity contribution is 5.67. The second-order valence-electron chi connectivity index (χ2n) is 5.11. The van der Waals surface area contributed by atoms with Crippen molar-refractivity contribution in [2.75, 3.05) is 18.0 Å². The maximum Gasteiger partial charge on any atom is 0.303 e. The molecule has 2 rings (SSSR count). The molecule has 5 nitrogen and oxygen atoms in total. The van der Waals surface area contributed by atoms with E-state index >= 15 is 0 Å². The maximum absolute atomic E-state index is 10.7. The van der Waals surface area contributed by atoms with E-state index in [0.717, 1.165) is 36.0 Å². The highest BCUT2D eigenvalue weighted by Crippen LogP contribution is 2.20. The number of nitrogens with zero attached hydrogens (tertiary/aromatic N) is 3. The topological polar surface area (TPSA) is 66.3 Å². The van der Waals surface area contributed by atoms with Gasteiger partial charge in [-0.25, -0.2) is 9.97 Å². The maximum atomic E-state index is 10.7. The Labute approximate surface area is 113 Å². The molecule has 1 saturated heterocycles. The van der Waals surface area contributed by atoms with Gasteiger partial charge in [0.2, 0.25) is 5.95 Å². The molecule has 1 aromatic rings. The molecule has 2 heterocycles. The Bertz CT molecular complexity index is 445. The Hall–Kier alpha value is -1.65. The van der Waals surface area contributed by atoms with E-state index in [-0.39, 0.29) is 6.42 Å². The first kappa shape index (κ1) is 13.8. The quantitative estimate of drug-likeness (QED) is 0.901. The van der Waals surface area contributed by atoms with Crippen molar-refractivity contribution in [2.24, 2.45) is 0 Å². The summed E-state index contributed by atoms with van der Waals surface area (Å²) in [5, 5.41) is 8.77. The van der Waals surface area contributed by atoms with E-state index in [9.17, 15) is 4.79 Å². The minimum atomic E-state index is -0.779. The number of aromatic nitrogens is 2. The van der Waals surface area contributed by atoms with Crippen LogP contribution in [0.5, 0.6) is 0 Å². The molecule has 0 bridgehead atoms. The molecule has 0 saturated carbocycles. The molecule has 0 aliphatic carbocycles. The van der Waals surface area contributed by atoms with Crippen LogP contribution in [0, 0.1) is 13.8 Å². The van der Waals surface area contributed by atoms with Crippen LogP contribution in [0.4, 0.5) is 5.95 Å². The largest absolute Gasteiger partial charge is 0.481 e. The van der Waals surface area contributed by atoms with Gasteiger partial charge in [-0.15, -0.1) is 0 Å². The number of aliphatic carboxylic acids is 1. The monoisotopic (exact) mass is 263 g/mol. The number of anilines is 1.